The maximum Gasteiger partial charge on any atom is 0.159 e. The molecule has 0 saturated carbocycles. The van der Waals surface area contributed by atoms with E-state index in [1.807, 2.05) is 0 Å². The predicted octanol–water partition coefficient (Wildman–Crippen LogP) is 15.0. The van der Waals surface area contributed by atoms with E-state index in [2.05, 4.69) is 205 Å². The molecule has 252 valence electrons. The van der Waals surface area contributed by atoms with E-state index in [-0.39, 0.29) is 0 Å². The molecular formula is C52H33NO. The van der Waals surface area contributed by atoms with Crippen LogP contribution in [0.1, 0.15) is 0 Å². The van der Waals surface area contributed by atoms with Crippen LogP contribution in [0.4, 0.5) is 17.1 Å². The minimum atomic E-state index is 0.866. The van der Waals surface area contributed by atoms with E-state index in [1.165, 1.54) is 59.8 Å². The molecule has 0 fully saturated rings. The summed E-state index contributed by atoms with van der Waals surface area (Å²) in [5, 5.41) is 12.3. The lowest BCUT2D eigenvalue weighted by atomic mass is 9.91. The van der Waals surface area contributed by atoms with Crippen LogP contribution in [0.5, 0.6) is 0 Å². The summed E-state index contributed by atoms with van der Waals surface area (Å²) in [5.41, 5.74) is 9.60. The fourth-order valence-corrected chi connectivity index (χ4v) is 8.52. The Morgan fingerprint density at radius 3 is 1.72 bits per heavy atom. The molecule has 0 radical (unpaired) electrons. The van der Waals surface area contributed by atoms with E-state index < -0.39 is 0 Å². The van der Waals surface area contributed by atoms with Crippen LogP contribution in [0, 0.1) is 0 Å². The highest BCUT2D eigenvalue weighted by molar-refractivity contribution is 6.24. The van der Waals surface area contributed by atoms with Gasteiger partial charge in [-0.2, -0.15) is 0 Å². The van der Waals surface area contributed by atoms with Crippen molar-refractivity contribution in [1.29, 1.82) is 0 Å². The van der Waals surface area contributed by atoms with Crippen LogP contribution < -0.4 is 4.90 Å². The number of benzene rings is 10. The van der Waals surface area contributed by atoms with Gasteiger partial charge in [0.1, 0.15) is 5.58 Å². The molecule has 0 N–H and O–H groups in total. The molecule has 0 atom stereocenters. The molecule has 0 bridgehead atoms. The van der Waals surface area contributed by atoms with Crippen molar-refractivity contribution in [2.45, 2.75) is 0 Å². The van der Waals surface area contributed by atoms with Crippen LogP contribution in [0.3, 0.4) is 0 Å². The fraction of sp³-hybridized carbons (Fsp3) is 0. The molecule has 11 aromatic rings. The Hall–Kier alpha value is -7.16. The summed E-state index contributed by atoms with van der Waals surface area (Å²) < 4.78 is 6.81. The Balaban J connectivity index is 1.12. The Morgan fingerprint density at radius 1 is 0.333 bits per heavy atom. The molecule has 54 heavy (non-hydrogen) atoms. The molecule has 10 aromatic carbocycles. The lowest BCUT2D eigenvalue weighted by Gasteiger charge is -2.26. The molecule has 2 heteroatoms. The minimum absolute atomic E-state index is 0.866. The molecule has 0 spiro atoms. The third-order valence-electron chi connectivity index (χ3n) is 11.0. The highest BCUT2D eigenvalue weighted by atomic mass is 16.3. The molecule has 1 aromatic heterocycles. The summed E-state index contributed by atoms with van der Waals surface area (Å²) in [6, 6.07) is 72.2. The summed E-state index contributed by atoms with van der Waals surface area (Å²) >= 11 is 0. The van der Waals surface area contributed by atoms with Crippen LogP contribution >= 0.6 is 0 Å². The number of anilines is 3. The number of hydrogen-bond donors (Lipinski definition) is 0. The van der Waals surface area contributed by atoms with Gasteiger partial charge in [-0.15, -0.1) is 0 Å². The minimum Gasteiger partial charge on any atom is -0.454 e. The Morgan fingerprint density at radius 2 is 0.926 bits per heavy atom. The van der Waals surface area contributed by atoms with Gasteiger partial charge in [0.25, 0.3) is 0 Å². The third kappa shape index (κ3) is 4.81. The zero-order valence-electron chi connectivity index (χ0n) is 29.4. The van der Waals surface area contributed by atoms with E-state index in [1.54, 1.807) is 0 Å². The predicted molar refractivity (Wildman–Crippen MR) is 229 cm³/mol. The molecule has 0 aliphatic heterocycles. The van der Waals surface area contributed by atoms with Crippen molar-refractivity contribution in [3.63, 3.8) is 0 Å². The second kappa shape index (κ2) is 12.2. The summed E-state index contributed by atoms with van der Waals surface area (Å²) in [7, 11) is 0. The molecular weight excluding hydrogens is 655 g/mol. The average Bonchev–Trinajstić information content (AvgIpc) is 3.64. The summed E-state index contributed by atoms with van der Waals surface area (Å²) in [6.07, 6.45) is 0. The summed E-state index contributed by atoms with van der Waals surface area (Å²) in [4.78, 5) is 2.34. The molecule has 0 amide bonds. The van der Waals surface area contributed by atoms with E-state index in [9.17, 15) is 0 Å². The van der Waals surface area contributed by atoms with Crippen LogP contribution in [0.2, 0.25) is 0 Å². The monoisotopic (exact) mass is 687 g/mol. The molecule has 0 unspecified atom stereocenters. The first-order valence-corrected chi connectivity index (χ1v) is 18.5. The van der Waals surface area contributed by atoms with Gasteiger partial charge in [0.2, 0.25) is 0 Å². The van der Waals surface area contributed by atoms with Gasteiger partial charge >= 0.3 is 0 Å². The van der Waals surface area contributed by atoms with Crippen molar-refractivity contribution in [2.24, 2.45) is 0 Å². The first kappa shape index (κ1) is 30.5. The zero-order valence-corrected chi connectivity index (χ0v) is 29.4. The molecule has 11 rings (SSSR count). The highest BCUT2D eigenvalue weighted by Crippen LogP contribution is 2.45. The van der Waals surface area contributed by atoms with Crippen molar-refractivity contribution in [2.75, 3.05) is 4.90 Å². The van der Waals surface area contributed by atoms with E-state index in [0.717, 1.165) is 44.6 Å². The summed E-state index contributed by atoms with van der Waals surface area (Å²) in [6.45, 7) is 0. The molecule has 0 saturated heterocycles. The topological polar surface area (TPSA) is 16.4 Å². The SMILES string of the molecule is c1ccc(-c2cccc(N(c3ccc(-c4cccc5ccc6ccc7ccccc7c6c45)cc3)c3cccc4c3oc3ccc5ccccc5c34)c2)cc1. The van der Waals surface area contributed by atoms with Crippen molar-refractivity contribution >= 4 is 82.1 Å². The van der Waals surface area contributed by atoms with Gasteiger partial charge in [0.15, 0.2) is 5.58 Å². The molecule has 2 nitrogen and oxygen atoms in total. The van der Waals surface area contributed by atoms with Crippen LogP contribution in [0.15, 0.2) is 205 Å². The van der Waals surface area contributed by atoms with E-state index in [0.29, 0.717) is 0 Å². The van der Waals surface area contributed by atoms with Gasteiger partial charge in [-0.3, -0.25) is 0 Å². The Kier molecular flexibility index (Phi) is 6.90. The number of fused-ring (bicyclic) bond motifs is 10. The number of nitrogens with zero attached hydrogens (tertiary/aromatic N) is 1. The normalized spacial score (nSPS) is 11.7. The average molecular weight is 688 g/mol. The van der Waals surface area contributed by atoms with E-state index in [4.69, 9.17) is 4.42 Å². The van der Waals surface area contributed by atoms with Gasteiger partial charge in [0, 0.05) is 22.1 Å². The van der Waals surface area contributed by atoms with Gasteiger partial charge in [-0.25, -0.2) is 0 Å². The Bertz CT molecular complexity index is 3210. The van der Waals surface area contributed by atoms with Crippen molar-refractivity contribution in [3.05, 3.63) is 200 Å². The number of furan rings is 1. The van der Waals surface area contributed by atoms with Crippen LogP contribution in [-0.4, -0.2) is 0 Å². The smallest absolute Gasteiger partial charge is 0.159 e. The van der Waals surface area contributed by atoms with Crippen molar-refractivity contribution in [1.82, 2.24) is 0 Å². The number of hydrogen-bond acceptors (Lipinski definition) is 2. The highest BCUT2D eigenvalue weighted by Gasteiger charge is 2.21. The van der Waals surface area contributed by atoms with Crippen molar-refractivity contribution in [3.8, 4) is 22.3 Å². The summed E-state index contributed by atoms with van der Waals surface area (Å²) in [5.74, 6) is 0. The van der Waals surface area contributed by atoms with Gasteiger partial charge in [-0.1, -0.05) is 164 Å². The molecule has 0 aliphatic rings. The van der Waals surface area contributed by atoms with Crippen molar-refractivity contribution < 1.29 is 4.42 Å². The maximum absolute atomic E-state index is 6.81. The van der Waals surface area contributed by atoms with Crippen LogP contribution in [0.25, 0.3) is 87.3 Å². The first-order valence-electron chi connectivity index (χ1n) is 18.5. The standard InChI is InChI=1S/C52H33NO/c1-2-11-34(12-3-1)40-16-8-17-42(33-40)53(47-22-10-21-46-51-45-19-7-5-14-36(45)29-32-48(51)54-52(46)47)41-30-27-37(28-31-41)44-20-9-15-38-25-26-39-24-23-35-13-4-6-18-43(35)50(39)49(38)44/h1-33H. The van der Waals surface area contributed by atoms with Crippen LogP contribution in [-0.2, 0) is 0 Å². The lowest BCUT2D eigenvalue weighted by Crippen LogP contribution is -2.10. The molecule has 0 aliphatic carbocycles. The maximum atomic E-state index is 6.81. The van der Waals surface area contributed by atoms with Gasteiger partial charge in [-0.05, 0) is 102 Å². The van der Waals surface area contributed by atoms with E-state index >= 15 is 0 Å². The largest absolute Gasteiger partial charge is 0.454 e. The van der Waals surface area contributed by atoms with Gasteiger partial charge in [0.05, 0.1) is 5.69 Å². The number of rotatable bonds is 5. The fourth-order valence-electron chi connectivity index (χ4n) is 8.52. The quantitative estimate of drug-likeness (QED) is 0.168. The lowest BCUT2D eigenvalue weighted by molar-refractivity contribution is 0.669. The van der Waals surface area contributed by atoms with Gasteiger partial charge < -0.3 is 9.32 Å². The second-order valence-electron chi connectivity index (χ2n) is 14.1. The second-order valence-corrected chi connectivity index (χ2v) is 14.1. The number of para-hydroxylation sites is 1. The first-order chi connectivity index (χ1) is 26.8. The third-order valence-corrected chi connectivity index (χ3v) is 11.0. The zero-order chi connectivity index (χ0) is 35.6. The Labute approximate surface area is 312 Å². The molecule has 1 heterocycles.